The lowest BCUT2D eigenvalue weighted by atomic mass is 9.98. The molecule has 0 fully saturated rings. The molecule has 0 aromatic heterocycles. The highest BCUT2D eigenvalue weighted by atomic mass is 16.6. The lowest BCUT2D eigenvalue weighted by Crippen LogP contribution is -2.56. The van der Waals surface area contributed by atoms with Gasteiger partial charge in [0.15, 0.2) is 0 Å². The number of unbranched alkanes of at least 4 members (excludes halogenated alkanes) is 9. The number of nitrogens with one attached hydrogen (secondary N) is 4. The molecule has 4 amide bonds. The van der Waals surface area contributed by atoms with Crippen LogP contribution in [0.1, 0.15) is 119 Å². The van der Waals surface area contributed by atoms with Gasteiger partial charge in [-0.05, 0) is 53.4 Å². The Labute approximate surface area is 230 Å². The summed E-state index contributed by atoms with van der Waals surface area (Å²) in [7, 11) is 0. The van der Waals surface area contributed by atoms with E-state index in [0.717, 1.165) is 38.5 Å². The van der Waals surface area contributed by atoms with E-state index in [1.807, 2.05) is 13.8 Å². The van der Waals surface area contributed by atoms with Crippen LogP contribution in [-0.2, 0) is 19.1 Å². The number of hydrogen-bond acceptors (Lipinski definition) is 6. The topological polar surface area (TPSA) is 135 Å². The summed E-state index contributed by atoms with van der Waals surface area (Å²) in [6.07, 6.45) is 10.9. The van der Waals surface area contributed by atoms with Gasteiger partial charge in [0.1, 0.15) is 11.1 Å². The van der Waals surface area contributed by atoms with Crippen molar-refractivity contribution in [2.75, 3.05) is 26.3 Å². The second-order valence-electron chi connectivity index (χ2n) is 10.1. The minimum Gasteiger partial charge on any atom is -0.450 e. The first kappa shape index (κ1) is 35.5. The molecule has 0 aliphatic heterocycles. The predicted molar refractivity (Wildman–Crippen MR) is 150 cm³/mol. The normalized spacial score (nSPS) is 13.9. The van der Waals surface area contributed by atoms with Crippen molar-refractivity contribution in [1.82, 2.24) is 21.3 Å². The van der Waals surface area contributed by atoms with E-state index in [0.29, 0.717) is 25.9 Å². The quantitative estimate of drug-likeness (QED) is 0.152. The number of amides is 4. The van der Waals surface area contributed by atoms with Gasteiger partial charge in [0.2, 0.25) is 11.8 Å². The second kappa shape index (κ2) is 20.4. The molecule has 0 rings (SSSR count). The molecule has 0 heterocycles. The van der Waals surface area contributed by atoms with Crippen LogP contribution < -0.4 is 21.3 Å². The number of carbonyl (C=O) groups excluding carboxylic acids is 4. The molecular formula is C28H54N4O6. The molecular weight excluding hydrogens is 488 g/mol. The smallest absolute Gasteiger partial charge is 0.407 e. The molecule has 4 N–H and O–H groups in total. The van der Waals surface area contributed by atoms with Crippen molar-refractivity contribution in [3.05, 3.63) is 0 Å². The van der Waals surface area contributed by atoms with E-state index in [-0.39, 0.29) is 25.0 Å². The van der Waals surface area contributed by atoms with Gasteiger partial charge in [-0.1, -0.05) is 65.2 Å². The molecule has 0 aromatic carbocycles. The fourth-order valence-corrected chi connectivity index (χ4v) is 3.85. The van der Waals surface area contributed by atoms with Crippen LogP contribution in [0.4, 0.5) is 9.59 Å². The van der Waals surface area contributed by atoms with Crippen LogP contribution in [0, 0.1) is 0 Å². The number of hydrogen-bond donors (Lipinski definition) is 4. The van der Waals surface area contributed by atoms with Gasteiger partial charge in [-0.15, -0.1) is 0 Å². The first-order valence-corrected chi connectivity index (χ1v) is 14.5. The molecule has 0 aliphatic rings. The van der Waals surface area contributed by atoms with Crippen molar-refractivity contribution in [3.8, 4) is 0 Å². The molecule has 10 heteroatoms. The summed E-state index contributed by atoms with van der Waals surface area (Å²) in [4.78, 5) is 48.3. The SMILES string of the molecule is CCOC(=O)N[C@@](C)(CC)C(=O)NCCCCCCCCCCCCNC(=O)[C@](C)(CC)NC(=O)OCC. The Kier molecular flexibility index (Phi) is 19.1. The van der Waals surface area contributed by atoms with Gasteiger partial charge >= 0.3 is 12.2 Å². The third-order valence-electron chi connectivity index (χ3n) is 6.90. The third kappa shape index (κ3) is 15.0. The van der Waals surface area contributed by atoms with Crippen LogP contribution in [-0.4, -0.2) is 61.4 Å². The van der Waals surface area contributed by atoms with Gasteiger partial charge in [-0.2, -0.15) is 0 Å². The lowest BCUT2D eigenvalue weighted by Gasteiger charge is -2.27. The van der Waals surface area contributed by atoms with Crippen molar-refractivity contribution in [1.29, 1.82) is 0 Å². The van der Waals surface area contributed by atoms with Crippen molar-refractivity contribution >= 4 is 24.0 Å². The number of carbonyl (C=O) groups is 4. The maximum Gasteiger partial charge on any atom is 0.407 e. The van der Waals surface area contributed by atoms with E-state index in [1.165, 1.54) is 25.7 Å². The maximum atomic E-state index is 12.5. The molecule has 0 saturated heterocycles. The maximum absolute atomic E-state index is 12.5. The summed E-state index contributed by atoms with van der Waals surface area (Å²) in [5, 5.41) is 11.2. The van der Waals surface area contributed by atoms with Crippen molar-refractivity contribution < 1.29 is 28.7 Å². The molecule has 0 radical (unpaired) electrons. The fourth-order valence-electron chi connectivity index (χ4n) is 3.85. The van der Waals surface area contributed by atoms with E-state index in [2.05, 4.69) is 21.3 Å². The average molecular weight is 543 g/mol. The highest BCUT2D eigenvalue weighted by Gasteiger charge is 2.34. The third-order valence-corrected chi connectivity index (χ3v) is 6.90. The Bertz CT molecular complexity index is 647. The second-order valence-corrected chi connectivity index (χ2v) is 10.1. The molecule has 222 valence electrons. The standard InChI is InChI=1S/C28H54N4O6/c1-7-27(5,31-25(35)37-9-3)23(33)29-21-19-17-15-13-11-12-14-16-18-20-22-30-24(34)28(6,8-2)32-26(36)38-10-4/h7-22H2,1-6H3,(H,29,33)(H,30,34)(H,31,35)(H,32,36)/t27-,28-/m0/s1. The Hall–Kier alpha value is -2.52. The zero-order valence-corrected chi connectivity index (χ0v) is 24.8. The van der Waals surface area contributed by atoms with E-state index in [1.54, 1.807) is 27.7 Å². The first-order chi connectivity index (χ1) is 18.1. The van der Waals surface area contributed by atoms with Gasteiger partial charge in [-0.3, -0.25) is 9.59 Å². The average Bonchev–Trinajstić information content (AvgIpc) is 2.88. The summed E-state index contributed by atoms with van der Waals surface area (Å²) >= 11 is 0. The molecule has 0 bridgehead atoms. The van der Waals surface area contributed by atoms with Crippen LogP contribution in [0.2, 0.25) is 0 Å². The van der Waals surface area contributed by atoms with Crippen LogP contribution in [0.15, 0.2) is 0 Å². The van der Waals surface area contributed by atoms with Gasteiger partial charge in [0.05, 0.1) is 13.2 Å². The summed E-state index contributed by atoms with van der Waals surface area (Å²) in [5.41, 5.74) is -1.93. The largest absolute Gasteiger partial charge is 0.450 e. The van der Waals surface area contributed by atoms with Crippen LogP contribution in [0.5, 0.6) is 0 Å². The van der Waals surface area contributed by atoms with Gasteiger partial charge in [0.25, 0.3) is 0 Å². The summed E-state index contributed by atoms with van der Waals surface area (Å²) in [6, 6.07) is 0. The molecule has 0 aliphatic carbocycles. The highest BCUT2D eigenvalue weighted by Crippen LogP contribution is 2.13. The molecule has 0 aromatic rings. The minimum atomic E-state index is -0.963. The van der Waals surface area contributed by atoms with E-state index >= 15 is 0 Å². The van der Waals surface area contributed by atoms with E-state index in [9.17, 15) is 19.2 Å². The first-order valence-electron chi connectivity index (χ1n) is 14.5. The summed E-state index contributed by atoms with van der Waals surface area (Å²) in [5.74, 6) is -0.360. The fraction of sp³-hybridized carbons (Fsp3) is 0.857. The Balaban J connectivity index is 3.78. The molecule has 0 spiro atoms. The van der Waals surface area contributed by atoms with Gasteiger partial charge in [-0.25, -0.2) is 9.59 Å². The predicted octanol–water partition coefficient (Wildman–Crippen LogP) is 4.95. The number of alkyl carbamates (subject to hydrolysis) is 2. The van der Waals surface area contributed by atoms with E-state index in [4.69, 9.17) is 9.47 Å². The van der Waals surface area contributed by atoms with Crippen molar-refractivity contribution in [3.63, 3.8) is 0 Å². The van der Waals surface area contributed by atoms with Crippen molar-refractivity contribution in [2.24, 2.45) is 0 Å². The number of ether oxygens (including phenoxy) is 2. The van der Waals surface area contributed by atoms with Gasteiger partial charge in [0, 0.05) is 13.1 Å². The monoisotopic (exact) mass is 542 g/mol. The minimum absolute atomic E-state index is 0.180. The molecule has 10 nitrogen and oxygen atoms in total. The molecule has 38 heavy (non-hydrogen) atoms. The molecule has 0 saturated carbocycles. The summed E-state index contributed by atoms with van der Waals surface area (Å²) in [6.45, 7) is 12.3. The molecule has 0 unspecified atom stereocenters. The zero-order chi connectivity index (χ0) is 28.9. The Morgan fingerprint density at radius 1 is 0.526 bits per heavy atom. The Morgan fingerprint density at radius 2 is 0.816 bits per heavy atom. The van der Waals surface area contributed by atoms with E-state index < -0.39 is 23.3 Å². The zero-order valence-electron chi connectivity index (χ0n) is 24.8. The highest BCUT2D eigenvalue weighted by molar-refractivity contribution is 5.90. The van der Waals surface area contributed by atoms with Crippen LogP contribution in [0.25, 0.3) is 0 Å². The summed E-state index contributed by atoms with van der Waals surface area (Å²) < 4.78 is 9.78. The van der Waals surface area contributed by atoms with Crippen LogP contribution >= 0.6 is 0 Å². The molecule has 2 atom stereocenters. The van der Waals surface area contributed by atoms with Crippen LogP contribution in [0.3, 0.4) is 0 Å². The number of rotatable bonds is 21. The lowest BCUT2D eigenvalue weighted by molar-refractivity contribution is -0.127. The van der Waals surface area contributed by atoms with Crippen molar-refractivity contribution in [2.45, 2.75) is 130 Å². The Morgan fingerprint density at radius 3 is 1.08 bits per heavy atom. The van der Waals surface area contributed by atoms with Gasteiger partial charge < -0.3 is 30.7 Å².